The number of aliphatic hydroxyl groups is 2. The van der Waals surface area contributed by atoms with E-state index in [1.165, 1.54) is 0 Å². The summed E-state index contributed by atoms with van der Waals surface area (Å²) in [5, 5.41) is 33.2. The van der Waals surface area contributed by atoms with Crippen LogP contribution >= 0.6 is 11.6 Å². The van der Waals surface area contributed by atoms with Crippen molar-refractivity contribution >= 4 is 52.0 Å². The molecule has 3 aliphatic rings. The number of nitrogens with two attached hydrogens (primary N) is 2. The molecule has 1 aromatic carbocycles. The highest BCUT2D eigenvalue weighted by atomic mass is 35.5. The number of anilines is 2. The van der Waals surface area contributed by atoms with Gasteiger partial charge in [-0.05, 0) is 11.5 Å². The van der Waals surface area contributed by atoms with Crippen molar-refractivity contribution in [3.8, 4) is 5.75 Å². The number of hydrogen-bond donors (Lipinski definition) is 5. The largest absolute Gasteiger partial charge is 0.505 e. The summed E-state index contributed by atoms with van der Waals surface area (Å²) in [5.41, 5.74) is 8.05. The molecule has 12 heteroatoms. The normalized spacial score (nSPS) is 34.9. The lowest BCUT2D eigenvalue weighted by molar-refractivity contribution is -0.189. The fourth-order valence-corrected chi connectivity index (χ4v) is 6.32. The fourth-order valence-electron chi connectivity index (χ4n) is 5.96. The van der Waals surface area contributed by atoms with Crippen LogP contribution in [0.4, 0.5) is 11.4 Å². The van der Waals surface area contributed by atoms with E-state index in [4.69, 9.17) is 23.1 Å². The molecule has 0 spiro atoms. The highest BCUT2D eigenvalue weighted by Gasteiger charge is 2.70. The number of aromatic hydroxyl groups is 1. The lowest BCUT2D eigenvalue weighted by Crippen LogP contribution is -2.72. The SMILES string of the molecule is C[C@H]1c2c(c(O)c(N)c(Cl)c2N(C)C)C(=O)C2C(=O)[C@]3(O)C(=O)C(C(N)=O)C(=O)C[C@@H]3[C@H](O)[C@@H]21. The number of fused-ring (bicyclic) bond motifs is 3. The molecule has 0 saturated heterocycles. The molecule has 3 aliphatic carbocycles. The smallest absolute Gasteiger partial charge is 0.235 e. The van der Waals surface area contributed by atoms with Gasteiger partial charge in [0.25, 0.3) is 0 Å². The average molecular weight is 494 g/mol. The Morgan fingerprint density at radius 1 is 1.18 bits per heavy atom. The van der Waals surface area contributed by atoms with E-state index in [1.807, 2.05) is 0 Å². The van der Waals surface area contributed by atoms with Gasteiger partial charge in [0.15, 0.2) is 40.4 Å². The predicted octanol–water partition coefficient (Wildman–Crippen LogP) is -0.840. The third-order valence-electron chi connectivity index (χ3n) is 7.52. The summed E-state index contributed by atoms with van der Waals surface area (Å²) >= 11 is 6.36. The van der Waals surface area contributed by atoms with Gasteiger partial charge in [0.2, 0.25) is 5.91 Å². The zero-order chi connectivity index (χ0) is 25.6. The van der Waals surface area contributed by atoms with Crippen LogP contribution in [0, 0.1) is 23.7 Å². The number of carbonyl (C=O) groups is 5. The number of hydrogen-bond acceptors (Lipinski definition) is 10. The second-order valence-electron chi connectivity index (χ2n) is 9.41. The summed E-state index contributed by atoms with van der Waals surface area (Å²) < 4.78 is 0. The molecular formula is C22H24ClN3O8. The summed E-state index contributed by atoms with van der Waals surface area (Å²) in [4.78, 5) is 66.0. The molecule has 2 saturated carbocycles. The van der Waals surface area contributed by atoms with Gasteiger partial charge in [-0.15, -0.1) is 0 Å². The molecule has 0 bridgehead atoms. The van der Waals surface area contributed by atoms with Crippen LogP contribution in [0.25, 0.3) is 0 Å². The van der Waals surface area contributed by atoms with Gasteiger partial charge < -0.3 is 31.7 Å². The number of phenols is 1. The Bertz CT molecular complexity index is 1200. The second kappa shape index (κ2) is 7.49. The Morgan fingerprint density at radius 2 is 1.76 bits per heavy atom. The number of carbonyl (C=O) groups excluding carboxylic acids is 5. The first-order valence-electron chi connectivity index (χ1n) is 10.6. The summed E-state index contributed by atoms with van der Waals surface area (Å²) in [7, 11) is 3.26. The number of amides is 1. The molecule has 2 fully saturated rings. The number of rotatable bonds is 2. The number of nitrogen functional groups attached to an aromatic ring is 1. The number of Topliss-reactive ketones (excluding diaryl/α,β-unsaturated/α-hetero) is 4. The molecule has 7 N–H and O–H groups in total. The van der Waals surface area contributed by atoms with Gasteiger partial charge in [-0.2, -0.15) is 0 Å². The average Bonchev–Trinajstić information content (AvgIpc) is 2.74. The highest BCUT2D eigenvalue weighted by Crippen LogP contribution is 2.57. The van der Waals surface area contributed by atoms with E-state index in [0.717, 1.165) is 0 Å². The van der Waals surface area contributed by atoms with E-state index in [1.54, 1.807) is 25.9 Å². The standard InChI is InChI=1S/C22H24ClN3O8/c1-5-8-11(18(30)14(24)13(23)15(8)26(2)3)17(29)12-9(5)16(28)6-4-7(27)10(21(25)33)19(31)22(6,34)20(12)32/h5-6,9-10,12,16,28,30,34H,4,24H2,1-3H3,(H2,25,33)/t5-,6+,9+,10?,12?,16-,22+/m0/s1. The van der Waals surface area contributed by atoms with Crippen molar-refractivity contribution in [2.75, 3.05) is 24.7 Å². The van der Waals surface area contributed by atoms with E-state index in [2.05, 4.69) is 0 Å². The Labute approximate surface area is 198 Å². The third-order valence-corrected chi connectivity index (χ3v) is 7.90. The first-order valence-corrected chi connectivity index (χ1v) is 10.9. The molecule has 2 unspecified atom stereocenters. The number of phenolic OH excluding ortho intramolecular Hbond substituents is 1. The quantitative estimate of drug-likeness (QED) is 0.196. The van der Waals surface area contributed by atoms with Crippen LogP contribution in [0.15, 0.2) is 0 Å². The van der Waals surface area contributed by atoms with Crippen molar-refractivity contribution in [2.24, 2.45) is 29.4 Å². The maximum atomic E-state index is 13.6. The van der Waals surface area contributed by atoms with Crippen LogP contribution in [0.1, 0.15) is 35.2 Å². The van der Waals surface area contributed by atoms with Crippen molar-refractivity contribution in [1.29, 1.82) is 0 Å². The summed E-state index contributed by atoms with van der Waals surface area (Å²) in [6.45, 7) is 1.60. The minimum Gasteiger partial charge on any atom is -0.505 e. The summed E-state index contributed by atoms with van der Waals surface area (Å²) in [6, 6.07) is 0. The molecule has 7 atom stereocenters. The van der Waals surface area contributed by atoms with Crippen LogP contribution in [-0.4, -0.2) is 70.2 Å². The number of ketones is 4. The molecule has 11 nitrogen and oxygen atoms in total. The minimum atomic E-state index is -2.97. The fraction of sp³-hybridized carbons (Fsp3) is 0.500. The first kappa shape index (κ1) is 24.1. The molecular weight excluding hydrogens is 470 g/mol. The van der Waals surface area contributed by atoms with Crippen LogP contribution in [-0.2, 0) is 19.2 Å². The number of aliphatic hydroxyl groups excluding tert-OH is 1. The van der Waals surface area contributed by atoms with Crippen molar-refractivity contribution < 1.29 is 39.3 Å². The molecule has 0 aliphatic heterocycles. The molecule has 4 rings (SSSR count). The van der Waals surface area contributed by atoms with Gasteiger partial charge in [0.1, 0.15) is 0 Å². The monoisotopic (exact) mass is 493 g/mol. The zero-order valence-electron chi connectivity index (χ0n) is 18.5. The van der Waals surface area contributed by atoms with Crippen molar-refractivity contribution in [2.45, 2.75) is 31.0 Å². The molecule has 0 heterocycles. The van der Waals surface area contributed by atoms with Gasteiger partial charge in [0.05, 0.1) is 34.0 Å². The maximum Gasteiger partial charge on any atom is 0.235 e. The van der Waals surface area contributed by atoms with Crippen molar-refractivity contribution in [3.05, 3.63) is 16.1 Å². The van der Waals surface area contributed by atoms with Crippen molar-refractivity contribution in [1.82, 2.24) is 0 Å². The van der Waals surface area contributed by atoms with E-state index < -0.39 is 82.5 Å². The minimum absolute atomic E-state index is 0.0280. The molecule has 0 radical (unpaired) electrons. The van der Waals surface area contributed by atoms with Gasteiger partial charge in [-0.3, -0.25) is 24.0 Å². The Morgan fingerprint density at radius 3 is 2.29 bits per heavy atom. The Balaban J connectivity index is 1.97. The van der Waals surface area contributed by atoms with Gasteiger partial charge in [-0.1, -0.05) is 18.5 Å². The van der Waals surface area contributed by atoms with Crippen LogP contribution < -0.4 is 16.4 Å². The lowest BCUT2D eigenvalue weighted by Gasteiger charge is -2.53. The first-order chi connectivity index (χ1) is 15.7. The summed E-state index contributed by atoms with van der Waals surface area (Å²) in [5.74, 6) is -13.9. The molecule has 1 amide bonds. The van der Waals surface area contributed by atoms with E-state index in [9.17, 15) is 39.3 Å². The molecule has 1 aromatic rings. The second-order valence-corrected chi connectivity index (χ2v) is 9.79. The zero-order valence-corrected chi connectivity index (χ0v) is 19.3. The van der Waals surface area contributed by atoms with E-state index in [0.29, 0.717) is 5.69 Å². The topological polar surface area (TPSA) is 201 Å². The van der Waals surface area contributed by atoms with Gasteiger partial charge >= 0.3 is 0 Å². The van der Waals surface area contributed by atoms with Gasteiger partial charge in [0, 0.05) is 32.4 Å². The Kier molecular flexibility index (Phi) is 5.31. The number of primary amides is 1. The van der Waals surface area contributed by atoms with Crippen LogP contribution in [0.3, 0.4) is 0 Å². The number of nitrogens with zero attached hydrogens (tertiary/aromatic N) is 1. The van der Waals surface area contributed by atoms with E-state index >= 15 is 0 Å². The highest BCUT2D eigenvalue weighted by molar-refractivity contribution is 6.37. The molecule has 182 valence electrons. The predicted molar refractivity (Wildman–Crippen MR) is 118 cm³/mol. The van der Waals surface area contributed by atoms with Crippen LogP contribution in [0.2, 0.25) is 5.02 Å². The summed E-state index contributed by atoms with van der Waals surface area (Å²) in [6.07, 6.45) is -2.32. The molecule has 0 aromatic heterocycles. The van der Waals surface area contributed by atoms with E-state index in [-0.39, 0.29) is 21.8 Å². The molecule has 34 heavy (non-hydrogen) atoms. The third kappa shape index (κ3) is 2.74. The van der Waals surface area contributed by atoms with Gasteiger partial charge in [-0.25, -0.2) is 0 Å². The van der Waals surface area contributed by atoms with Crippen LogP contribution in [0.5, 0.6) is 5.75 Å². The lowest BCUT2D eigenvalue weighted by atomic mass is 9.50. The van der Waals surface area contributed by atoms with Crippen molar-refractivity contribution in [3.63, 3.8) is 0 Å². The Hall–Kier alpha value is -3.02. The number of halogens is 1. The number of benzene rings is 1. The maximum absolute atomic E-state index is 13.6.